The van der Waals surface area contributed by atoms with Crippen molar-refractivity contribution < 1.29 is 19.7 Å². The smallest absolute Gasteiger partial charge is 0.260 e. The lowest BCUT2D eigenvalue weighted by Crippen LogP contribution is -2.38. The number of unbranched alkanes of at least 4 members (excludes halogenated alkanes) is 1. The molecule has 7 atom stereocenters. The number of carbonyl (C=O) groups excluding carboxylic acids is 1. The molecule has 1 amide bonds. The third kappa shape index (κ3) is 8.29. The Kier molecular flexibility index (Phi) is 10.8. The number of aliphatic hydroxyl groups excluding tert-OH is 2. The van der Waals surface area contributed by atoms with Crippen LogP contribution in [0.5, 0.6) is 0 Å². The highest BCUT2D eigenvalue weighted by molar-refractivity contribution is 5.76. The summed E-state index contributed by atoms with van der Waals surface area (Å²) in [6.07, 6.45) is 11.8. The Morgan fingerprint density at radius 2 is 2.07 bits per heavy atom. The second-order valence-corrected chi connectivity index (χ2v) is 9.85. The number of nitrogens with one attached hydrogen (secondary N) is 1. The molecule has 0 spiro atoms. The van der Waals surface area contributed by atoms with Gasteiger partial charge in [0.15, 0.2) is 0 Å². The van der Waals surface area contributed by atoms with Crippen molar-refractivity contribution in [3.8, 4) is 0 Å². The van der Waals surface area contributed by atoms with Gasteiger partial charge in [-0.15, -0.1) is 0 Å². The van der Waals surface area contributed by atoms with Gasteiger partial charge in [0, 0.05) is 26.6 Å². The lowest BCUT2D eigenvalue weighted by Gasteiger charge is -2.20. The predicted octanol–water partition coefficient (Wildman–Crippen LogP) is 3.14. The molecule has 6 heteroatoms. The molecule has 0 bridgehead atoms. The number of hydrogen-bond acceptors (Lipinski definition) is 5. The molecule has 0 aromatic rings. The van der Waals surface area contributed by atoms with Crippen LogP contribution < -0.4 is 5.43 Å². The molecule has 2 aliphatic carbocycles. The van der Waals surface area contributed by atoms with E-state index in [-0.39, 0.29) is 24.5 Å². The van der Waals surface area contributed by atoms with Crippen molar-refractivity contribution in [2.75, 3.05) is 27.3 Å². The van der Waals surface area contributed by atoms with Crippen LogP contribution in [0.15, 0.2) is 12.2 Å². The topological polar surface area (TPSA) is 82.0 Å². The molecule has 0 aromatic carbocycles. The van der Waals surface area contributed by atoms with E-state index in [4.69, 9.17) is 4.74 Å². The van der Waals surface area contributed by atoms with E-state index in [9.17, 15) is 15.0 Å². The average Bonchev–Trinajstić information content (AvgIpc) is 3.17. The zero-order valence-electron chi connectivity index (χ0n) is 19.4. The molecule has 6 nitrogen and oxygen atoms in total. The number of rotatable bonds is 13. The summed E-state index contributed by atoms with van der Waals surface area (Å²) in [6.45, 7) is 5.10. The van der Waals surface area contributed by atoms with E-state index in [1.807, 2.05) is 6.08 Å². The summed E-state index contributed by atoms with van der Waals surface area (Å²) in [7, 11) is 3.56. The largest absolute Gasteiger partial charge is 0.392 e. The van der Waals surface area contributed by atoms with Gasteiger partial charge in [-0.3, -0.25) is 10.2 Å². The van der Waals surface area contributed by atoms with Crippen LogP contribution in [0.4, 0.5) is 0 Å². The number of hydrogen-bond donors (Lipinski definition) is 3. The first-order valence-electron chi connectivity index (χ1n) is 11.9. The molecule has 2 rings (SSSR count). The highest BCUT2D eigenvalue weighted by Gasteiger charge is 2.46. The second kappa shape index (κ2) is 12.8. The summed E-state index contributed by atoms with van der Waals surface area (Å²) in [4.78, 5) is 11.6. The van der Waals surface area contributed by atoms with Crippen molar-refractivity contribution in [3.63, 3.8) is 0 Å². The van der Waals surface area contributed by atoms with E-state index < -0.39 is 6.10 Å². The standard InChI is InChI=1S/C24H44N2O4/c1-5-6-7-17(2)12-20(27)8-9-21-22-14-18(13-19(22)15-23(21)28)10-11-30-16-24(29)25-26(3)4/h8-9,17-23,27-28H,5-7,10-16H2,1-4H3,(H,25,29)/b9-8+/t17-,18+,19-,20-,21+,22-,23+/m0/s1. The summed E-state index contributed by atoms with van der Waals surface area (Å²) in [5.74, 6) is 2.23. The highest BCUT2D eigenvalue weighted by atomic mass is 16.5. The lowest BCUT2D eigenvalue weighted by atomic mass is 9.89. The summed E-state index contributed by atoms with van der Waals surface area (Å²) >= 11 is 0. The Labute approximate surface area is 183 Å². The molecule has 0 heterocycles. The fourth-order valence-electron chi connectivity index (χ4n) is 5.39. The molecule has 0 unspecified atom stereocenters. The zero-order chi connectivity index (χ0) is 22.1. The van der Waals surface area contributed by atoms with E-state index in [2.05, 4.69) is 25.3 Å². The number of nitrogens with zero attached hydrogens (tertiary/aromatic N) is 1. The molecular formula is C24H44N2O4. The van der Waals surface area contributed by atoms with Gasteiger partial charge in [-0.2, -0.15) is 0 Å². The normalized spacial score (nSPS) is 30.7. The minimum absolute atomic E-state index is 0.0937. The van der Waals surface area contributed by atoms with Gasteiger partial charge in [0.25, 0.3) is 5.91 Å². The maximum absolute atomic E-state index is 11.6. The molecule has 0 radical (unpaired) electrons. The van der Waals surface area contributed by atoms with Crippen LogP contribution in [-0.2, 0) is 9.53 Å². The molecular weight excluding hydrogens is 380 g/mol. The average molecular weight is 425 g/mol. The molecule has 2 aliphatic rings. The SMILES string of the molecule is CCCC[C@H](C)C[C@@H](O)/C=C/[C@@H]1[C@H]2C[C@H](CCOCC(=O)NN(C)C)C[C@H]2C[C@H]1O. The Morgan fingerprint density at radius 1 is 1.30 bits per heavy atom. The van der Waals surface area contributed by atoms with E-state index in [0.717, 1.165) is 32.1 Å². The maximum Gasteiger partial charge on any atom is 0.260 e. The van der Waals surface area contributed by atoms with Crippen LogP contribution in [0, 0.1) is 29.6 Å². The Morgan fingerprint density at radius 3 is 2.77 bits per heavy atom. The van der Waals surface area contributed by atoms with Crippen LogP contribution in [-0.4, -0.2) is 60.6 Å². The first-order chi connectivity index (χ1) is 14.3. The summed E-state index contributed by atoms with van der Waals surface area (Å²) in [5.41, 5.74) is 2.67. The first-order valence-corrected chi connectivity index (χ1v) is 11.9. The number of aliphatic hydroxyl groups is 2. The van der Waals surface area contributed by atoms with Crippen molar-refractivity contribution in [1.82, 2.24) is 10.4 Å². The number of amides is 1. The van der Waals surface area contributed by atoms with Crippen LogP contribution in [0.1, 0.15) is 65.2 Å². The minimum atomic E-state index is -0.415. The number of fused-ring (bicyclic) bond motifs is 1. The van der Waals surface area contributed by atoms with Gasteiger partial charge in [-0.1, -0.05) is 45.3 Å². The second-order valence-electron chi connectivity index (χ2n) is 9.85. The van der Waals surface area contributed by atoms with E-state index in [1.165, 1.54) is 19.3 Å². The number of carbonyl (C=O) groups is 1. The highest BCUT2D eigenvalue weighted by Crippen LogP contribution is 2.51. The number of hydrazine groups is 1. The van der Waals surface area contributed by atoms with Gasteiger partial charge < -0.3 is 14.9 Å². The van der Waals surface area contributed by atoms with Gasteiger partial charge in [0.2, 0.25) is 0 Å². The van der Waals surface area contributed by atoms with Crippen molar-refractivity contribution in [2.45, 2.75) is 77.4 Å². The Hall–Kier alpha value is -0.950. The van der Waals surface area contributed by atoms with Crippen molar-refractivity contribution >= 4 is 5.91 Å². The molecule has 3 N–H and O–H groups in total. The Bertz CT molecular complexity index is 539. The molecule has 0 aliphatic heterocycles. The fraction of sp³-hybridized carbons (Fsp3) is 0.875. The monoisotopic (exact) mass is 424 g/mol. The zero-order valence-corrected chi connectivity index (χ0v) is 19.4. The molecule has 0 saturated heterocycles. The van der Waals surface area contributed by atoms with Crippen molar-refractivity contribution in [3.05, 3.63) is 12.2 Å². The summed E-state index contributed by atoms with van der Waals surface area (Å²) in [5, 5.41) is 22.5. The summed E-state index contributed by atoms with van der Waals surface area (Å²) < 4.78 is 5.54. The van der Waals surface area contributed by atoms with Crippen molar-refractivity contribution in [1.29, 1.82) is 0 Å². The van der Waals surface area contributed by atoms with Gasteiger partial charge in [-0.05, 0) is 55.8 Å². The molecule has 174 valence electrons. The number of ether oxygens (including phenoxy) is 1. The molecule has 0 aromatic heterocycles. The molecule has 30 heavy (non-hydrogen) atoms. The first kappa shape index (κ1) is 25.3. The lowest BCUT2D eigenvalue weighted by molar-refractivity contribution is -0.129. The third-order valence-electron chi connectivity index (χ3n) is 6.83. The van der Waals surface area contributed by atoms with E-state index in [1.54, 1.807) is 19.1 Å². The third-order valence-corrected chi connectivity index (χ3v) is 6.83. The van der Waals surface area contributed by atoms with Gasteiger partial charge in [0.05, 0.1) is 12.2 Å². The van der Waals surface area contributed by atoms with Crippen LogP contribution in [0.2, 0.25) is 0 Å². The van der Waals surface area contributed by atoms with Gasteiger partial charge in [-0.25, -0.2) is 5.01 Å². The molecule has 2 fully saturated rings. The van der Waals surface area contributed by atoms with Crippen molar-refractivity contribution in [2.24, 2.45) is 29.6 Å². The predicted molar refractivity (Wildman–Crippen MR) is 120 cm³/mol. The quantitative estimate of drug-likeness (QED) is 0.240. The van der Waals surface area contributed by atoms with Gasteiger partial charge >= 0.3 is 0 Å². The summed E-state index contributed by atoms with van der Waals surface area (Å²) in [6, 6.07) is 0. The van der Waals surface area contributed by atoms with Crippen LogP contribution >= 0.6 is 0 Å². The maximum atomic E-state index is 11.6. The molecule has 2 saturated carbocycles. The fourth-order valence-corrected chi connectivity index (χ4v) is 5.39. The van der Waals surface area contributed by atoms with Gasteiger partial charge in [0.1, 0.15) is 6.61 Å². The Balaban J connectivity index is 1.72. The minimum Gasteiger partial charge on any atom is -0.392 e. The van der Waals surface area contributed by atoms with Crippen LogP contribution in [0.3, 0.4) is 0 Å². The van der Waals surface area contributed by atoms with Crippen LogP contribution in [0.25, 0.3) is 0 Å². The van der Waals surface area contributed by atoms with E-state index >= 15 is 0 Å². The van der Waals surface area contributed by atoms with E-state index in [0.29, 0.717) is 30.3 Å².